The van der Waals surface area contributed by atoms with Crippen LogP contribution in [0.4, 0.5) is 5.69 Å². The summed E-state index contributed by atoms with van der Waals surface area (Å²) >= 11 is 0. The smallest absolute Gasteiger partial charge is 0.259 e. The molecule has 1 saturated heterocycles. The third-order valence-electron chi connectivity index (χ3n) is 6.47. The van der Waals surface area contributed by atoms with Gasteiger partial charge in [0.15, 0.2) is 5.82 Å². The molecule has 7 nitrogen and oxygen atoms in total. The number of likely N-dealkylation sites (tertiary alicyclic amines) is 1. The molecule has 2 amide bonds. The van der Waals surface area contributed by atoms with Gasteiger partial charge in [-0.3, -0.25) is 14.5 Å². The van der Waals surface area contributed by atoms with Crippen molar-refractivity contribution in [1.29, 1.82) is 0 Å². The number of piperidine rings is 1. The molecule has 160 valence electrons. The number of amides is 2. The summed E-state index contributed by atoms with van der Waals surface area (Å²) in [6.07, 6.45) is 1.56. The van der Waals surface area contributed by atoms with Gasteiger partial charge in [-0.1, -0.05) is 43.3 Å². The van der Waals surface area contributed by atoms with E-state index in [0.29, 0.717) is 24.5 Å². The maximum absolute atomic E-state index is 13.3. The fourth-order valence-electron chi connectivity index (χ4n) is 4.69. The summed E-state index contributed by atoms with van der Waals surface area (Å²) in [4.78, 5) is 34.5. The number of anilines is 1. The molecule has 1 aromatic heterocycles. The quantitative estimate of drug-likeness (QED) is 0.637. The molecular weight excluding hydrogens is 392 g/mol. The second-order valence-corrected chi connectivity index (χ2v) is 8.78. The first-order valence-electron chi connectivity index (χ1n) is 10.9. The van der Waals surface area contributed by atoms with Gasteiger partial charge in [0, 0.05) is 35.9 Å². The fraction of sp³-hybridized carbons (Fsp3) is 0.417. The van der Waals surface area contributed by atoms with Crippen LogP contribution >= 0.6 is 0 Å². The molecule has 2 aliphatic rings. The molecule has 7 heteroatoms. The molecule has 3 heterocycles. The molecule has 1 atom stereocenters. The van der Waals surface area contributed by atoms with Crippen LogP contribution in [0, 0.1) is 0 Å². The summed E-state index contributed by atoms with van der Waals surface area (Å²) in [5.41, 5.74) is 1.49. The Bertz CT molecular complexity index is 1160. The number of aromatic nitrogens is 2. The summed E-state index contributed by atoms with van der Waals surface area (Å²) in [7, 11) is 0. The lowest BCUT2D eigenvalue weighted by atomic mass is 9.96. The molecule has 0 spiro atoms. The molecule has 3 aromatic rings. The van der Waals surface area contributed by atoms with E-state index in [0.717, 1.165) is 35.1 Å². The highest BCUT2D eigenvalue weighted by Crippen LogP contribution is 2.39. The van der Waals surface area contributed by atoms with Gasteiger partial charge in [0.25, 0.3) is 5.91 Å². The van der Waals surface area contributed by atoms with Crippen molar-refractivity contribution in [3.05, 3.63) is 53.7 Å². The van der Waals surface area contributed by atoms with Crippen LogP contribution in [0.5, 0.6) is 0 Å². The van der Waals surface area contributed by atoms with Crippen LogP contribution in [0.15, 0.2) is 40.9 Å². The molecule has 1 unspecified atom stereocenters. The normalized spacial score (nSPS) is 17.7. The lowest BCUT2D eigenvalue weighted by molar-refractivity contribution is -0.133. The van der Waals surface area contributed by atoms with E-state index in [1.807, 2.05) is 62.1 Å². The van der Waals surface area contributed by atoms with Crippen molar-refractivity contribution >= 4 is 28.3 Å². The summed E-state index contributed by atoms with van der Waals surface area (Å²) in [5, 5.41) is 6.02. The Morgan fingerprint density at radius 3 is 2.48 bits per heavy atom. The van der Waals surface area contributed by atoms with Crippen LogP contribution in [-0.2, 0) is 4.79 Å². The van der Waals surface area contributed by atoms with E-state index >= 15 is 0 Å². The molecule has 0 aliphatic carbocycles. The van der Waals surface area contributed by atoms with Gasteiger partial charge in [0.2, 0.25) is 11.8 Å². The average molecular weight is 418 g/mol. The minimum absolute atomic E-state index is 0.0231. The Hall–Kier alpha value is -3.22. The minimum atomic E-state index is -0.557. The molecule has 2 aliphatic heterocycles. The fourth-order valence-corrected chi connectivity index (χ4v) is 4.69. The molecule has 0 N–H and O–H groups in total. The van der Waals surface area contributed by atoms with Crippen molar-refractivity contribution in [2.24, 2.45) is 0 Å². The van der Waals surface area contributed by atoms with Crippen molar-refractivity contribution < 1.29 is 14.1 Å². The Morgan fingerprint density at radius 1 is 1.10 bits per heavy atom. The molecule has 0 bridgehead atoms. The van der Waals surface area contributed by atoms with Crippen molar-refractivity contribution in [2.45, 2.75) is 51.5 Å². The van der Waals surface area contributed by atoms with Gasteiger partial charge >= 0.3 is 0 Å². The van der Waals surface area contributed by atoms with Crippen molar-refractivity contribution in [3.8, 4) is 0 Å². The zero-order valence-corrected chi connectivity index (χ0v) is 18.0. The zero-order valence-electron chi connectivity index (χ0n) is 18.0. The monoisotopic (exact) mass is 418 g/mol. The van der Waals surface area contributed by atoms with Gasteiger partial charge in [-0.2, -0.15) is 4.98 Å². The number of nitrogens with zero attached hydrogens (tertiary/aromatic N) is 4. The Labute approximate surface area is 181 Å². The van der Waals surface area contributed by atoms with Crippen molar-refractivity contribution in [1.82, 2.24) is 15.0 Å². The summed E-state index contributed by atoms with van der Waals surface area (Å²) in [5.74, 6) is 1.67. The van der Waals surface area contributed by atoms with Gasteiger partial charge in [0.1, 0.15) is 6.04 Å². The van der Waals surface area contributed by atoms with Gasteiger partial charge in [-0.15, -0.1) is 0 Å². The first-order valence-corrected chi connectivity index (χ1v) is 10.9. The van der Waals surface area contributed by atoms with E-state index in [4.69, 9.17) is 4.52 Å². The van der Waals surface area contributed by atoms with Crippen LogP contribution in [0.2, 0.25) is 0 Å². The number of carbonyl (C=O) groups excluding carboxylic acids is 2. The Morgan fingerprint density at radius 2 is 1.81 bits per heavy atom. The molecular formula is C24H26N4O3. The number of benzene rings is 2. The standard InChI is InChI=1S/C24H26N4O3/c1-14(2)21-25-22(31-26-21)17-10-12-27(13-11-17)23(29)15(3)28-19-9-5-7-16-6-4-8-18(20(16)19)24(28)30/h4-9,14-15,17H,10-13H2,1-3H3. The van der Waals surface area contributed by atoms with Crippen LogP contribution < -0.4 is 4.90 Å². The van der Waals surface area contributed by atoms with Crippen LogP contribution in [0.1, 0.15) is 67.5 Å². The minimum Gasteiger partial charge on any atom is -0.341 e. The molecule has 1 fully saturated rings. The first kappa shape index (κ1) is 19.7. The second kappa shape index (κ2) is 7.48. The first-order chi connectivity index (χ1) is 15.0. The van der Waals surface area contributed by atoms with Gasteiger partial charge < -0.3 is 9.42 Å². The van der Waals surface area contributed by atoms with Crippen molar-refractivity contribution in [2.75, 3.05) is 18.0 Å². The molecule has 5 rings (SSSR count). The second-order valence-electron chi connectivity index (χ2n) is 8.78. The van der Waals surface area contributed by atoms with Gasteiger partial charge in [0.05, 0.1) is 5.69 Å². The topological polar surface area (TPSA) is 79.5 Å². The maximum atomic E-state index is 13.3. The molecule has 2 aromatic carbocycles. The summed E-state index contributed by atoms with van der Waals surface area (Å²) in [6.45, 7) is 7.13. The summed E-state index contributed by atoms with van der Waals surface area (Å²) in [6, 6.07) is 11.0. The van der Waals surface area contributed by atoms with Gasteiger partial charge in [-0.05, 0) is 37.3 Å². The lowest BCUT2D eigenvalue weighted by Crippen LogP contribution is -2.50. The largest absolute Gasteiger partial charge is 0.341 e. The third-order valence-corrected chi connectivity index (χ3v) is 6.47. The van der Waals surface area contributed by atoms with E-state index < -0.39 is 6.04 Å². The summed E-state index contributed by atoms with van der Waals surface area (Å²) < 4.78 is 5.45. The van der Waals surface area contributed by atoms with Gasteiger partial charge in [-0.25, -0.2) is 0 Å². The van der Waals surface area contributed by atoms with E-state index in [2.05, 4.69) is 10.1 Å². The van der Waals surface area contributed by atoms with Crippen LogP contribution in [0.3, 0.4) is 0 Å². The zero-order chi connectivity index (χ0) is 21.7. The number of hydrogen-bond donors (Lipinski definition) is 0. The Balaban J connectivity index is 1.30. The number of rotatable bonds is 4. The maximum Gasteiger partial charge on any atom is 0.259 e. The van der Waals surface area contributed by atoms with Crippen LogP contribution in [0.25, 0.3) is 10.8 Å². The highest BCUT2D eigenvalue weighted by atomic mass is 16.5. The van der Waals surface area contributed by atoms with E-state index in [1.54, 1.807) is 4.90 Å². The van der Waals surface area contributed by atoms with Crippen LogP contribution in [-0.4, -0.2) is 46.0 Å². The lowest BCUT2D eigenvalue weighted by Gasteiger charge is -2.35. The van der Waals surface area contributed by atoms with E-state index in [1.165, 1.54) is 0 Å². The number of hydrogen-bond acceptors (Lipinski definition) is 5. The Kier molecular flexibility index (Phi) is 4.76. The average Bonchev–Trinajstić information content (AvgIpc) is 3.39. The SMILES string of the molecule is CC(C)c1noc(C2CCN(C(=O)C(C)N3C(=O)c4cccc5cccc3c45)CC2)n1. The van der Waals surface area contributed by atoms with E-state index in [9.17, 15) is 9.59 Å². The highest BCUT2D eigenvalue weighted by molar-refractivity contribution is 6.26. The molecule has 0 saturated carbocycles. The highest BCUT2D eigenvalue weighted by Gasteiger charge is 2.38. The van der Waals surface area contributed by atoms with E-state index in [-0.39, 0.29) is 23.7 Å². The number of carbonyl (C=O) groups is 2. The molecule has 31 heavy (non-hydrogen) atoms. The predicted molar refractivity (Wildman–Crippen MR) is 117 cm³/mol. The van der Waals surface area contributed by atoms with Crippen molar-refractivity contribution in [3.63, 3.8) is 0 Å². The predicted octanol–water partition coefficient (Wildman–Crippen LogP) is 4.10. The molecule has 0 radical (unpaired) electrons. The third kappa shape index (κ3) is 3.19.